The summed E-state index contributed by atoms with van der Waals surface area (Å²) in [5.74, 6) is -7.63. The highest BCUT2D eigenvalue weighted by molar-refractivity contribution is 7.90. The van der Waals surface area contributed by atoms with Gasteiger partial charge in [0.1, 0.15) is 18.0 Å². The van der Waals surface area contributed by atoms with Gasteiger partial charge in [-0.15, -0.1) is 0 Å². The third kappa shape index (κ3) is 2.55. The molecule has 1 aromatic carbocycles. The second kappa shape index (κ2) is 5.04. The number of halogens is 5. The van der Waals surface area contributed by atoms with E-state index in [9.17, 15) is 35.5 Å². The third-order valence-corrected chi connectivity index (χ3v) is 5.34. The van der Waals surface area contributed by atoms with Crippen LogP contribution in [0.5, 0.6) is 5.75 Å². The Morgan fingerprint density at radius 1 is 1.17 bits per heavy atom. The standard InChI is InChI=1S/C14H13F5O4S/c1-24(21,22)8-3-2-7(23-6-4-13(16,17)5-6)9-10(8)12(20)14(18,19)11(9)15/h2-3,6,11-12,20H,4-5H2,1H3/t11?,12-/m0/s1. The number of hydrogen-bond acceptors (Lipinski definition) is 4. The van der Waals surface area contributed by atoms with E-state index in [1.807, 2.05) is 0 Å². The van der Waals surface area contributed by atoms with Crippen LogP contribution < -0.4 is 4.74 Å². The molecule has 24 heavy (non-hydrogen) atoms. The van der Waals surface area contributed by atoms with Gasteiger partial charge in [-0.05, 0) is 12.1 Å². The first kappa shape index (κ1) is 17.4. The zero-order valence-electron chi connectivity index (χ0n) is 12.3. The van der Waals surface area contributed by atoms with Crippen LogP contribution in [-0.2, 0) is 9.84 Å². The zero-order chi connectivity index (χ0) is 18.1. The van der Waals surface area contributed by atoms with E-state index in [2.05, 4.69) is 0 Å². The van der Waals surface area contributed by atoms with Gasteiger partial charge in [-0.25, -0.2) is 21.6 Å². The van der Waals surface area contributed by atoms with Crippen LogP contribution in [0.25, 0.3) is 0 Å². The van der Waals surface area contributed by atoms with Crippen molar-refractivity contribution in [3.63, 3.8) is 0 Å². The normalized spacial score (nSPS) is 28.3. The van der Waals surface area contributed by atoms with Crippen molar-refractivity contribution in [3.8, 4) is 5.75 Å². The molecule has 0 spiro atoms. The minimum absolute atomic E-state index is 0.457. The lowest BCUT2D eigenvalue weighted by molar-refractivity contribution is -0.145. The summed E-state index contributed by atoms with van der Waals surface area (Å²) < 4.78 is 96.1. The van der Waals surface area contributed by atoms with Crippen LogP contribution in [0.1, 0.15) is 36.2 Å². The highest BCUT2D eigenvalue weighted by atomic mass is 32.2. The number of aliphatic hydroxyl groups excluding tert-OH is 1. The fraction of sp³-hybridized carbons (Fsp3) is 0.571. The second-order valence-corrected chi connectivity index (χ2v) is 8.09. The molecule has 0 aromatic heterocycles. The lowest BCUT2D eigenvalue weighted by Crippen LogP contribution is -2.43. The van der Waals surface area contributed by atoms with Gasteiger partial charge in [-0.1, -0.05) is 0 Å². The first-order chi connectivity index (χ1) is 10.8. The van der Waals surface area contributed by atoms with Crippen LogP contribution in [0.3, 0.4) is 0 Å². The van der Waals surface area contributed by atoms with Crippen molar-refractivity contribution in [2.75, 3.05) is 6.26 Å². The van der Waals surface area contributed by atoms with Crippen LogP contribution in [0.4, 0.5) is 22.0 Å². The maximum absolute atomic E-state index is 14.2. The summed E-state index contributed by atoms with van der Waals surface area (Å²) in [6, 6.07) is 1.85. The van der Waals surface area contributed by atoms with Crippen LogP contribution in [-0.4, -0.2) is 37.7 Å². The minimum atomic E-state index is -4.25. The Balaban J connectivity index is 2.08. The number of ether oxygens (including phenoxy) is 1. The van der Waals surface area contributed by atoms with Gasteiger partial charge in [-0.2, -0.15) is 8.78 Å². The molecule has 1 aromatic rings. The summed E-state index contributed by atoms with van der Waals surface area (Å²) >= 11 is 0. The van der Waals surface area contributed by atoms with E-state index in [1.54, 1.807) is 0 Å². The van der Waals surface area contributed by atoms with Gasteiger partial charge in [0.15, 0.2) is 16.0 Å². The Bertz CT molecular complexity index is 785. The number of benzene rings is 1. The molecule has 0 bridgehead atoms. The number of alkyl halides is 5. The number of hydrogen-bond donors (Lipinski definition) is 1. The molecule has 3 rings (SSSR count). The molecule has 4 nitrogen and oxygen atoms in total. The molecule has 10 heteroatoms. The van der Waals surface area contributed by atoms with E-state index >= 15 is 0 Å². The van der Waals surface area contributed by atoms with E-state index in [4.69, 9.17) is 4.74 Å². The lowest BCUT2D eigenvalue weighted by atomic mass is 9.91. The van der Waals surface area contributed by atoms with Gasteiger partial charge in [0, 0.05) is 30.2 Å². The zero-order valence-corrected chi connectivity index (χ0v) is 13.1. The van der Waals surface area contributed by atoms with E-state index in [-0.39, 0.29) is 0 Å². The third-order valence-electron chi connectivity index (χ3n) is 4.18. The molecular weight excluding hydrogens is 359 g/mol. The van der Waals surface area contributed by atoms with Crippen molar-refractivity contribution in [2.45, 2.75) is 48.0 Å². The fourth-order valence-electron chi connectivity index (χ4n) is 2.96. The Labute approximate surface area is 134 Å². The number of fused-ring (bicyclic) bond motifs is 1. The molecule has 1 N–H and O–H groups in total. The molecule has 1 unspecified atom stereocenters. The van der Waals surface area contributed by atoms with Gasteiger partial charge >= 0.3 is 5.92 Å². The predicted octanol–water partition coefficient (Wildman–Crippen LogP) is 2.96. The average Bonchev–Trinajstić information content (AvgIpc) is 2.58. The average molecular weight is 372 g/mol. The van der Waals surface area contributed by atoms with Crippen molar-refractivity contribution in [3.05, 3.63) is 23.3 Å². The van der Waals surface area contributed by atoms with E-state index in [0.29, 0.717) is 0 Å². The van der Waals surface area contributed by atoms with Gasteiger partial charge in [0.2, 0.25) is 0 Å². The van der Waals surface area contributed by atoms with Crippen molar-refractivity contribution in [2.24, 2.45) is 0 Å². The summed E-state index contributed by atoms with van der Waals surface area (Å²) in [6.45, 7) is 0. The lowest BCUT2D eigenvalue weighted by Gasteiger charge is -2.35. The summed E-state index contributed by atoms with van der Waals surface area (Å²) in [5.41, 5.74) is -1.58. The quantitative estimate of drug-likeness (QED) is 0.829. The minimum Gasteiger partial charge on any atom is -0.490 e. The second-order valence-electron chi connectivity index (χ2n) is 6.11. The highest BCUT2D eigenvalue weighted by Crippen LogP contribution is 2.57. The van der Waals surface area contributed by atoms with Gasteiger partial charge in [0.05, 0.1) is 4.90 Å². The molecule has 134 valence electrons. The maximum atomic E-state index is 14.2. The van der Waals surface area contributed by atoms with Gasteiger partial charge < -0.3 is 9.84 Å². The Hall–Kier alpha value is -1.42. The van der Waals surface area contributed by atoms with Crippen molar-refractivity contribution >= 4 is 9.84 Å². The molecule has 1 fully saturated rings. The van der Waals surface area contributed by atoms with E-state index < -0.39 is 74.7 Å². The smallest absolute Gasteiger partial charge is 0.312 e. The Morgan fingerprint density at radius 2 is 1.75 bits per heavy atom. The van der Waals surface area contributed by atoms with Crippen molar-refractivity contribution in [1.29, 1.82) is 0 Å². The molecule has 2 aliphatic rings. The molecule has 2 aliphatic carbocycles. The van der Waals surface area contributed by atoms with Crippen LogP contribution in [0.2, 0.25) is 0 Å². The summed E-state index contributed by atoms with van der Waals surface area (Å²) in [6.07, 6.45) is -7.23. The molecule has 0 heterocycles. The van der Waals surface area contributed by atoms with Gasteiger partial charge in [0.25, 0.3) is 5.92 Å². The highest BCUT2D eigenvalue weighted by Gasteiger charge is 2.59. The molecule has 0 amide bonds. The number of rotatable bonds is 3. The first-order valence-corrected chi connectivity index (χ1v) is 8.85. The van der Waals surface area contributed by atoms with Gasteiger partial charge in [-0.3, -0.25) is 0 Å². The first-order valence-electron chi connectivity index (χ1n) is 6.96. The number of sulfone groups is 1. The molecular formula is C14H13F5O4S. The Kier molecular flexibility index (Phi) is 3.66. The molecule has 2 atom stereocenters. The largest absolute Gasteiger partial charge is 0.490 e. The SMILES string of the molecule is CS(=O)(=O)c1ccc(OC2CC(F)(F)C2)c2c1[C@H](O)C(F)(F)C2F. The molecule has 0 aliphatic heterocycles. The van der Waals surface area contributed by atoms with Crippen molar-refractivity contribution < 1.29 is 40.2 Å². The summed E-state index contributed by atoms with van der Waals surface area (Å²) in [5, 5.41) is 9.71. The van der Waals surface area contributed by atoms with Crippen LogP contribution in [0.15, 0.2) is 17.0 Å². The Morgan fingerprint density at radius 3 is 2.25 bits per heavy atom. The maximum Gasteiger partial charge on any atom is 0.312 e. The number of aliphatic hydroxyl groups is 1. The molecule has 0 radical (unpaired) electrons. The van der Waals surface area contributed by atoms with E-state index in [0.717, 1.165) is 18.4 Å². The fourth-order valence-corrected chi connectivity index (χ4v) is 3.90. The molecule has 1 saturated carbocycles. The predicted molar refractivity (Wildman–Crippen MR) is 71.9 cm³/mol. The monoisotopic (exact) mass is 372 g/mol. The van der Waals surface area contributed by atoms with Crippen molar-refractivity contribution in [1.82, 2.24) is 0 Å². The molecule has 0 saturated heterocycles. The van der Waals surface area contributed by atoms with Crippen LogP contribution in [0, 0.1) is 0 Å². The summed E-state index contributed by atoms with van der Waals surface area (Å²) in [4.78, 5) is -0.642. The topological polar surface area (TPSA) is 63.6 Å². The summed E-state index contributed by atoms with van der Waals surface area (Å²) in [7, 11) is -4.03. The van der Waals surface area contributed by atoms with E-state index in [1.165, 1.54) is 0 Å². The van der Waals surface area contributed by atoms with Crippen LogP contribution >= 0.6 is 0 Å².